The molecular formula is C26H22N2S2. The summed E-state index contributed by atoms with van der Waals surface area (Å²) in [5.41, 5.74) is 9.96. The average molecular weight is 427 g/mol. The van der Waals surface area contributed by atoms with E-state index in [9.17, 15) is 0 Å². The van der Waals surface area contributed by atoms with Crippen molar-refractivity contribution in [3.8, 4) is 0 Å². The molecule has 148 valence electrons. The van der Waals surface area contributed by atoms with E-state index in [0.29, 0.717) is 6.54 Å². The van der Waals surface area contributed by atoms with E-state index in [1.165, 1.54) is 0 Å². The van der Waals surface area contributed by atoms with Gasteiger partial charge < -0.3 is 11.1 Å². The van der Waals surface area contributed by atoms with E-state index in [1.54, 1.807) is 0 Å². The van der Waals surface area contributed by atoms with Gasteiger partial charge >= 0.3 is 0 Å². The number of nitrogens with two attached hydrogens (primary N) is 1. The second kappa shape index (κ2) is 9.26. The third-order valence-electron chi connectivity index (χ3n) is 5.16. The Morgan fingerprint density at radius 1 is 0.767 bits per heavy atom. The minimum Gasteiger partial charge on any atom is -0.372 e. The molecule has 0 spiro atoms. The standard InChI is InChI=1S/C26H22N2S2/c27-17-23(29)22-16-15-18-9-7-8-14-21(18)25(22)28-24(19-10-3-1-4-11-19)26(30)20-12-5-2-6-13-20/h1-16,24,28H,17,27H2. The van der Waals surface area contributed by atoms with Crippen LogP contribution in [0.3, 0.4) is 0 Å². The monoisotopic (exact) mass is 426 g/mol. The van der Waals surface area contributed by atoms with Crippen molar-refractivity contribution in [1.29, 1.82) is 0 Å². The molecule has 0 radical (unpaired) electrons. The van der Waals surface area contributed by atoms with Crippen molar-refractivity contribution in [3.05, 3.63) is 114 Å². The summed E-state index contributed by atoms with van der Waals surface area (Å²) in [6.07, 6.45) is 0. The Morgan fingerprint density at radius 3 is 2.10 bits per heavy atom. The minimum absolute atomic E-state index is 0.186. The number of anilines is 1. The summed E-state index contributed by atoms with van der Waals surface area (Å²) in [6.45, 7) is 0.321. The lowest BCUT2D eigenvalue weighted by Gasteiger charge is -2.25. The number of hydrogen-bond acceptors (Lipinski definition) is 4. The van der Waals surface area contributed by atoms with Gasteiger partial charge in [0.15, 0.2) is 0 Å². The van der Waals surface area contributed by atoms with Gasteiger partial charge in [0.2, 0.25) is 0 Å². The molecule has 0 aliphatic carbocycles. The molecule has 0 saturated heterocycles. The number of rotatable bonds is 7. The molecule has 4 rings (SSSR count). The molecule has 1 atom stereocenters. The molecule has 0 bridgehead atoms. The zero-order chi connectivity index (χ0) is 20.9. The zero-order valence-electron chi connectivity index (χ0n) is 16.4. The van der Waals surface area contributed by atoms with E-state index in [0.717, 1.165) is 42.9 Å². The molecule has 0 heterocycles. The Hall–Kier alpha value is -2.92. The molecule has 2 nitrogen and oxygen atoms in total. The SMILES string of the molecule is NCC(=S)c1ccc2ccccc2c1NC(C(=S)c1ccccc1)c1ccccc1. The molecule has 1 unspecified atom stereocenters. The largest absolute Gasteiger partial charge is 0.372 e. The summed E-state index contributed by atoms with van der Waals surface area (Å²) >= 11 is 11.6. The third kappa shape index (κ3) is 4.17. The van der Waals surface area contributed by atoms with E-state index in [4.69, 9.17) is 30.2 Å². The smallest absolute Gasteiger partial charge is 0.0875 e. The van der Waals surface area contributed by atoms with Crippen molar-refractivity contribution in [2.24, 2.45) is 5.73 Å². The van der Waals surface area contributed by atoms with Crippen molar-refractivity contribution in [3.63, 3.8) is 0 Å². The van der Waals surface area contributed by atoms with Gasteiger partial charge in [-0.3, -0.25) is 0 Å². The molecule has 30 heavy (non-hydrogen) atoms. The second-order valence-electron chi connectivity index (χ2n) is 7.05. The highest BCUT2D eigenvalue weighted by Gasteiger charge is 2.21. The minimum atomic E-state index is -0.186. The van der Waals surface area contributed by atoms with Crippen molar-refractivity contribution in [1.82, 2.24) is 0 Å². The first-order valence-corrected chi connectivity index (χ1v) is 10.7. The first kappa shape index (κ1) is 20.4. The molecule has 0 amide bonds. The molecule has 0 aliphatic rings. The van der Waals surface area contributed by atoms with Crippen LogP contribution < -0.4 is 11.1 Å². The van der Waals surface area contributed by atoms with Crippen LogP contribution in [-0.4, -0.2) is 16.3 Å². The predicted molar refractivity (Wildman–Crippen MR) is 136 cm³/mol. The number of fused-ring (bicyclic) bond motifs is 1. The fraction of sp³-hybridized carbons (Fsp3) is 0.0769. The number of hydrogen-bond donors (Lipinski definition) is 2. The summed E-state index contributed by atoms with van der Waals surface area (Å²) in [4.78, 5) is 1.56. The predicted octanol–water partition coefficient (Wildman–Crippen LogP) is 6.09. The molecule has 4 aromatic carbocycles. The highest BCUT2D eigenvalue weighted by Crippen LogP contribution is 2.33. The Bertz CT molecular complexity index is 1190. The average Bonchev–Trinajstić information content (AvgIpc) is 2.82. The highest BCUT2D eigenvalue weighted by molar-refractivity contribution is 7.81. The first-order chi connectivity index (χ1) is 14.7. The topological polar surface area (TPSA) is 38.0 Å². The second-order valence-corrected chi connectivity index (χ2v) is 7.99. The molecule has 4 aromatic rings. The van der Waals surface area contributed by atoms with Gasteiger partial charge in [-0.15, -0.1) is 0 Å². The van der Waals surface area contributed by atoms with Gasteiger partial charge in [0.05, 0.1) is 11.7 Å². The molecular weight excluding hydrogens is 404 g/mol. The van der Waals surface area contributed by atoms with E-state index in [-0.39, 0.29) is 6.04 Å². The van der Waals surface area contributed by atoms with Gasteiger partial charge in [0, 0.05) is 27.2 Å². The normalized spacial score (nSPS) is 11.8. The summed E-state index contributed by atoms with van der Waals surface area (Å²) in [6, 6.07) is 32.6. The van der Waals surface area contributed by atoms with Crippen LogP contribution in [0.4, 0.5) is 5.69 Å². The quantitative estimate of drug-likeness (QED) is 0.277. The van der Waals surface area contributed by atoms with Crippen LogP contribution in [0.2, 0.25) is 0 Å². The Balaban J connectivity index is 1.87. The van der Waals surface area contributed by atoms with Gasteiger partial charge in [-0.05, 0) is 16.5 Å². The molecule has 0 aromatic heterocycles. The molecule has 0 aliphatic heterocycles. The highest BCUT2D eigenvalue weighted by atomic mass is 32.1. The Labute approximate surface area is 187 Å². The van der Waals surface area contributed by atoms with Crippen LogP contribution in [-0.2, 0) is 0 Å². The summed E-state index contributed by atoms with van der Waals surface area (Å²) in [5, 5.41) is 5.98. The van der Waals surface area contributed by atoms with Crippen molar-refractivity contribution < 1.29 is 0 Å². The van der Waals surface area contributed by atoms with Crippen LogP contribution in [0, 0.1) is 0 Å². The Morgan fingerprint density at radius 2 is 1.40 bits per heavy atom. The third-order valence-corrected chi connectivity index (χ3v) is 6.01. The zero-order valence-corrected chi connectivity index (χ0v) is 18.0. The Kier molecular flexibility index (Phi) is 6.29. The lowest BCUT2D eigenvalue weighted by atomic mass is 9.95. The number of thiocarbonyl (C=S) groups is 2. The van der Waals surface area contributed by atoms with Gasteiger partial charge in [0.25, 0.3) is 0 Å². The molecule has 4 heteroatoms. The summed E-state index contributed by atoms with van der Waals surface area (Å²) in [7, 11) is 0. The van der Waals surface area contributed by atoms with Crippen molar-refractivity contribution >= 4 is 50.6 Å². The van der Waals surface area contributed by atoms with E-state index >= 15 is 0 Å². The van der Waals surface area contributed by atoms with E-state index < -0.39 is 0 Å². The maximum absolute atomic E-state index is 5.96. The van der Waals surface area contributed by atoms with E-state index in [1.807, 2.05) is 54.6 Å². The van der Waals surface area contributed by atoms with Gasteiger partial charge in [-0.25, -0.2) is 0 Å². The van der Waals surface area contributed by atoms with Crippen LogP contribution in [0.1, 0.15) is 22.7 Å². The van der Waals surface area contributed by atoms with E-state index in [2.05, 4.69) is 47.8 Å². The summed E-state index contributed by atoms with van der Waals surface area (Å²) in [5.74, 6) is 0. The lowest BCUT2D eigenvalue weighted by molar-refractivity contribution is 1.06. The van der Waals surface area contributed by atoms with Crippen molar-refractivity contribution in [2.75, 3.05) is 11.9 Å². The fourth-order valence-corrected chi connectivity index (χ4v) is 4.13. The number of benzene rings is 4. The van der Waals surface area contributed by atoms with Gasteiger partial charge in [-0.1, -0.05) is 121 Å². The van der Waals surface area contributed by atoms with Gasteiger partial charge in [0.1, 0.15) is 0 Å². The molecule has 0 saturated carbocycles. The van der Waals surface area contributed by atoms with Crippen LogP contribution in [0.5, 0.6) is 0 Å². The maximum atomic E-state index is 5.96. The van der Waals surface area contributed by atoms with Crippen LogP contribution in [0.15, 0.2) is 97.1 Å². The lowest BCUT2D eigenvalue weighted by Crippen LogP contribution is -2.23. The van der Waals surface area contributed by atoms with Crippen LogP contribution in [0.25, 0.3) is 10.8 Å². The molecule has 3 N–H and O–H groups in total. The molecule has 0 fully saturated rings. The van der Waals surface area contributed by atoms with Crippen molar-refractivity contribution in [2.45, 2.75) is 6.04 Å². The number of nitrogens with one attached hydrogen (secondary N) is 1. The summed E-state index contributed by atoms with van der Waals surface area (Å²) < 4.78 is 0. The van der Waals surface area contributed by atoms with Gasteiger partial charge in [-0.2, -0.15) is 0 Å². The fourth-order valence-electron chi connectivity index (χ4n) is 3.63. The van der Waals surface area contributed by atoms with Crippen LogP contribution >= 0.6 is 24.4 Å². The first-order valence-electron chi connectivity index (χ1n) is 9.85. The maximum Gasteiger partial charge on any atom is 0.0875 e.